The number of para-hydroxylation sites is 1. The first-order valence-electron chi connectivity index (χ1n) is 8.12. The van der Waals surface area contributed by atoms with Crippen molar-refractivity contribution in [1.82, 2.24) is 19.7 Å². The van der Waals surface area contributed by atoms with Crippen molar-refractivity contribution in [3.63, 3.8) is 0 Å². The van der Waals surface area contributed by atoms with Gasteiger partial charge in [-0.25, -0.2) is 0 Å². The van der Waals surface area contributed by atoms with E-state index in [2.05, 4.69) is 51.8 Å². The maximum absolute atomic E-state index is 4.65. The Morgan fingerprint density at radius 3 is 2.50 bits per heavy atom. The average Bonchev–Trinajstić information content (AvgIpc) is 2.99. The van der Waals surface area contributed by atoms with Gasteiger partial charge < -0.3 is 9.55 Å². The van der Waals surface area contributed by atoms with E-state index in [4.69, 9.17) is 0 Å². The number of hydrogen-bond acceptors (Lipinski definition) is 3. The minimum absolute atomic E-state index is 0. The Balaban J connectivity index is 0.00000208. The normalized spacial score (nSPS) is 10.5. The van der Waals surface area contributed by atoms with Crippen LogP contribution in [0.25, 0.3) is 17.1 Å². The summed E-state index contributed by atoms with van der Waals surface area (Å²) in [5.74, 6) is 1.80. The van der Waals surface area contributed by atoms with Crippen molar-refractivity contribution in [1.29, 1.82) is 0 Å². The van der Waals surface area contributed by atoms with E-state index in [1.54, 1.807) is 0 Å². The summed E-state index contributed by atoms with van der Waals surface area (Å²) in [6, 6.07) is 15.5. The second kappa shape index (κ2) is 8.31. The molecular weight excluding hydrogens is 476 g/mol. The van der Waals surface area contributed by atoms with Crippen LogP contribution in [0, 0.1) is 13.0 Å². The van der Waals surface area contributed by atoms with Crippen LogP contribution >= 0.6 is 0 Å². The van der Waals surface area contributed by atoms with Crippen LogP contribution in [0.3, 0.4) is 0 Å². The Bertz CT molecular complexity index is 796. The topological polar surface area (TPSA) is 43.6 Å². The van der Waals surface area contributed by atoms with Crippen LogP contribution in [0.5, 0.6) is 0 Å². The van der Waals surface area contributed by atoms with Gasteiger partial charge in [0.15, 0.2) is 0 Å². The van der Waals surface area contributed by atoms with Gasteiger partial charge in [0.05, 0.1) is 5.82 Å². The summed E-state index contributed by atoms with van der Waals surface area (Å²) in [5, 5.41) is 8.88. The number of nitrogens with zero attached hydrogens (tertiary/aromatic N) is 4. The van der Waals surface area contributed by atoms with Crippen molar-refractivity contribution in [3.05, 3.63) is 59.7 Å². The van der Waals surface area contributed by atoms with Gasteiger partial charge in [-0.05, 0) is 36.4 Å². The van der Waals surface area contributed by atoms with Crippen LogP contribution in [-0.4, -0.2) is 19.7 Å². The number of aryl methyl sites for hydroxylation is 3. The second-order valence-electron chi connectivity index (χ2n) is 5.58. The summed E-state index contributed by atoms with van der Waals surface area (Å²) in [7, 11) is 0. The van der Waals surface area contributed by atoms with E-state index in [9.17, 15) is 0 Å². The Kier molecular flexibility index (Phi) is 6.41. The monoisotopic (exact) mass is 498 g/mol. The summed E-state index contributed by atoms with van der Waals surface area (Å²) in [6.07, 6.45) is 2.77. The molecule has 0 unspecified atom stereocenters. The zero-order valence-corrected chi connectivity index (χ0v) is 16.6. The summed E-state index contributed by atoms with van der Waals surface area (Å²) >= 11 is 0. The SMILES string of the molecule is CCCc1nnc(-c2[c-]cc(C)nc2CC)n1-c1ccccc1.[Ir]. The predicted molar refractivity (Wildman–Crippen MR) is 91.5 cm³/mol. The van der Waals surface area contributed by atoms with E-state index in [0.29, 0.717) is 0 Å². The molecule has 1 radical (unpaired) electrons. The molecule has 0 fully saturated rings. The van der Waals surface area contributed by atoms with Gasteiger partial charge in [-0.2, -0.15) is 5.10 Å². The van der Waals surface area contributed by atoms with Gasteiger partial charge >= 0.3 is 0 Å². The van der Waals surface area contributed by atoms with Gasteiger partial charge in [0.1, 0.15) is 5.82 Å². The number of aromatic nitrogens is 4. The van der Waals surface area contributed by atoms with Crippen molar-refractivity contribution >= 4 is 0 Å². The molecule has 127 valence electrons. The fourth-order valence-corrected chi connectivity index (χ4v) is 2.72. The van der Waals surface area contributed by atoms with Crippen LogP contribution < -0.4 is 0 Å². The van der Waals surface area contributed by atoms with E-state index >= 15 is 0 Å². The summed E-state index contributed by atoms with van der Waals surface area (Å²) < 4.78 is 2.13. The Labute approximate surface area is 156 Å². The Morgan fingerprint density at radius 2 is 1.83 bits per heavy atom. The molecule has 0 aliphatic heterocycles. The molecule has 3 rings (SSSR count). The quantitative estimate of drug-likeness (QED) is 0.502. The molecule has 2 aromatic heterocycles. The van der Waals surface area contributed by atoms with Gasteiger partial charge in [0.25, 0.3) is 0 Å². The van der Waals surface area contributed by atoms with E-state index < -0.39 is 0 Å². The third-order valence-electron chi connectivity index (χ3n) is 3.80. The largest absolute Gasteiger partial charge is 0.353 e. The van der Waals surface area contributed by atoms with Crippen molar-refractivity contribution in [3.8, 4) is 17.1 Å². The van der Waals surface area contributed by atoms with Gasteiger partial charge in [-0.3, -0.25) is 0 Å². The number of pyridine rings is 1. The third kappa shape index (κ3) is 3.63. The van der Waals surface area contributed by atoms with Gasteiger partial charge in [-0.1, -0.05) is 44.5 Å². The molecule has 0 bridgehead atoms. The average molecular weight is 498 g/mol. The smallest absolute Gasteiger partial charge is 0.128 e. The Hall–Kier alpha value is -1.84. The van der Waals surface area contributed by atoms with Crippen LogP contribution in [0.15, 0.2) is 36.4 Å². The molecule has 2 heterocycles. The number of rotatable bonds is 5. The standard InChI is InChI=1S/C19H21N4.Ir/c1-4-9-18-21-22-19(23(18)15-10-7-6-8-11-15)16-13-12-14(3)20-17(16)5-2;/h6-8,10-12H,4-5,9H2,1-3H3;/q-1;. The van der Waals surface area contributed by atoms with Crippen molar-refractivity contribution in [2.75, 3.05) is 0 Å². The molecule has 0 saturated heterocycles. The minimum atomic E-state index is 0. The number of benzene rings is 1. The molecular formula is C19H21IrN4-. The predicted octanol–water partition coefficient (Wildman–Crippen LogP) is 3.95. The molecule has 0 saturated carbocycles. The molecule has 1 aromatic carbocycles. The fraction of sp³-hybridized carbons (Fsp3) is 0.316. The van der Waals surface area contributed by atoms with Gasteiger partial charge in [0.2, 0.25) is 0 Å². The number of hydrogen-bond donors (Lipinski definition) is 0. The first kappa shape index (κ1) is 18.5. The first-order chi connectivity index (χ1) is 11.2. The molecule has 5 heteroatoms. The van der Waals surface area contributed by atoms with Crippen LogP contribution in [-0.2, 0) is 32.9 Å². The van der Waals surface area contributed by atoms with Crippen LogP contribution in [0.2, 0.25) is 0 Å². The molecule has 0 aliphatic rings. The minimum Gasteiger partial charge on any atom is -0.353 e. The summed E-state index contributed by atoms with van der Waals surface area (Å²) in [5.41, 5.74) is 4.01. The maximum atomic E-state index is 4.65. The van der Waals surface area contributed by atoms with Gasteiger partial charge in [-0.15, -0.1) is 17.2 Å². The van der Waals surface area contributed by atoms with Gasteiger partial charge in [0, 0.05) is 32.2 Å². The Morgan fingerprint density at radius 1 is 1.08 bits per heavy atom. The molecule has 0 aliphatic carbocycles. The van der Waals surface area contributed by atoms with Crippen molar-refractivity contribution in [2.45, 2.75) is 40.0 Å². The van der Waals surface area contributed by atoms with Crippen LogP contribution in [0.4, 0.5) is 0 Å². The first-order valence-corrected chi connectivity index (χ1v) is 8.12. The van der Waals surface area contributed by atoms with E-state index in [1.807, 2.05) is 31.2 Å². The van der Waals surface area contributed by atoms with Crippen molar-refractivity contribution in [2.24, 2.45) is 0 Å². The molecule has 3 aromatic rings. The molecule has 0 spiro atoms. The summed E-state index contributed by atoms with van der Waals surface area (Å²) in [4.78, 5) is 4.65. The van der Waals surface area contributed by atoms with E-state index in [0.717, 1.165) is 53.5 Å². The van der Waals surface area contributed by atoms with E-state index in [1.165, 1.54) is 0 Å². The molecule has 0 N–H and O–H groups in total. The molecule has 0 amide bonds. The molecule has 24 heavy (non-hydrogen) atoms. The fourth-order valence-electron chi connectivity index (χ4n) is 2.72. The summed E-state index contributed by atoms with van der Waals surface area (Å²) in [6.45, 7) is 6.25. The zero-order valence-electron chi connectivity index (χ0n) is 14.2. The van der Waals surface area contributed by atoms with Crippen molar-refractivity contribution < 1.29 is 20.1 Å². The molecule has 0 atom stereocenters. The zero-order chi connectivity index (χ0) is 16.2. The van der Waals surface area contributed by atoms with E-state index in [-0.39, 0.29) is 20.1 Å². The molecule has 4 nitrogen and oxygen atoms in total. The second-order valence-corrected chi connectivity index (χ2v) is 5.58. The van der Waals surface area contributed by atoms with Crippen LogP contribution in [0.1, 0.15) is 37.5 Å². The third-order valence-corrected chi connectivity index (χ3v) is 3.80. The maximum Gasteiger partial charge on any atom is 0.128 e.